The van der Waals surface area contributed by atoms with E-state index in [0.29, 0.717) is 24.2 Å². The van der Waals surface area contributed by atoms with Crippen LogP contribution in [0.1, 0.15) is 82.5 Å². The number of hydrogen-bond acceptors (Lipinski definition) is 6. The predicted molar refractivity (Wildman–Crippen MR) is 146 cm³/mol. The number of amides is 1. The Labute approximate surface area is 231 Å². The van der Waals surface area contributed by atoms with E-state index in [4.69, 9.17) is 4.74 Å². The lowest BCUT2D eigenvalue weighted by Crippen LogP contribution is -2.61. The number of rotatable bonds is 5. The second-order valence-electron chi connectivity index (χ2n) is 13.6. The van der Waals surface area contributed by atoms with Gasteiger partial charge in [-0.25, -0.2) is 0 Å². The van der Waals surface area contributed by atoms with Crippen LogP contribution < -0.4 is 4.74 Å². The Morgan fingerprint density at radius 1 is 1.03 bits per heavy atom. The number of methoxy groups -OCH3 is 1. The van der Waals surface area contributed by atoms with E-state index < -0.39 is 28.6 Å². The van der Waals surface area contributed by atoms with Gasteiger partial charge in [0.15, 0.2) is 5.78 Å². The lowest BCUT2D eigenvalue weighted by atomic mass is 9.46. The first-order valence-corrected chi connectivity index (χ1v) is 14.8. The van der Waals surface area contributed by atoms with Crippen molar-refractivity contribution in [2.45, 2.75) is 102 Å². The van der Waals surface area contributed by atoms with Crippen molar-refractivity contribution in [1.29, 1.82) is 0 Å². The largest absolute Gasteiger partial charge is 0.497 e. The van der Waals surface area contributed by atoms with Gasteiger partial charge in [-0.05, 0) is 111 Å². The SMILES string of the molecule is COc1ccc(C(=O)N(C2CC2)C(C)[C@H]2CC[C@@]3(O)C4=CC(=O)C5C[C@@H](O)[C@@H](O)C[C@]5(C)C4CC[C@]23C)cc1. The standard InChI is InChI=1S/C32H43NO6/c1-18(33(20-7-8-20)29(37)19-5-9-21(39-4)10-6-19)22-12-14-32(38)24-15-26(34)25-16-27(35)28(36)17-30(25,2)23(24)11-13-31(22,32)3/h5-6,9-10,15,18,20,22-23,25,27-28,35-36,38H,7-8,11-14,16-17H2,1-4H3/t18?,22-,23?,25?,27-,28+,30-,31-,32-/m1/s1. The van der Waals surface area contributed by atoms with Gasteiger partial charge in [0.2, 0.25) is 0 Å². The maximum Gasteiger partial charge on any atom is 0.254 e. The fraction of sp³-hybridized carbons (Fsp3) is 0.688. The summed E-state index contributed by atoms with van der Waals surface area (Å²) in [6.45, 7) is 6.38. The maximum atomic E-state index is 13.8. The van der Waals surface area contributed by atoms with Gasteiger partial charge in [0.25, 0.3) is 5.91 Å². The third-order valence-electron chi connectivity index (χ3n) is 11.7. The lowest BCUT2D eigenvalue weighted by molar-refractivity contribution is -0.153. The molecule has 3 unspecified atom stereocenters. The average Bonchev–Trinajstić information content (AvgIpc) is 3.69. The zero-order valence-electron chi connectivity index (χ0n) is 23.6. The first-order chi connectivity index (χ1) is 18.4. The number of hydrogen-bond donors (Lipinski definition) is 3. The zero-order chi connectivity index (χ0) is 27.9. The monoisotopic (exact) mass is 537 g/mol. The molecule has 6 rings (SSSR count). The van der Waals surface area contributed by atoms with Crippen LogP contribution in [0.3, 0.4) is 0 Å². The van der Waals surface area contributed by atoms with Gasteiger partial charge in [-0.15, -0.1) is 0 Å². The smallest absolute Gasteiger partial charge is 0.254 e. The predicted octanol–water partition coefficient (Wildman–Crippen LogP) is 3.89. The van der Waals surface area contributed by atoms with Crippen molar-refractivity contribution in [3.05, 3.63) is 41.5 Å². The summed E-state index contributed by atoms with van der Waals surface area (Å²) >= 11 is 0. The molecule has 9 atom stereocenters. The van der Waals surface area contributed by atoms with Gasteiger partial charge in [-0.1, -0.05) is 13.8 Å². The van der Waals surface area contributed by atoms with E-state index in [1.165, 1.54) is 0 Å². The normalized spacial score (nSPS) is 42.1. The van der Waals surface area contributed by atoms with Gasteiger partial charge in [0.05, 0.1) is 24.9 Å². The van der Waals surface area contributed by atoms with Crippen molar-refractivity contribution in [3.8, 4) is 5.75 Å². The molecule has 1 amide bonds. The van der Waals surface area contributed by atoms with Gasteiger partial charge >= 0.3 is 0 Å². The summed E-state index contributed by atoms with van der Waals surface area (Å²) < 4.78 is 5.28. The third-order valence-corrected chi connectivity index (χ3v) is 11.7. The third kappa shape index (κ3) is 3.86. The number of carbonyl (C=O) groups excluding carboxylic acids is 2. The van der Waals surface area contributed by atoms with Crippen molar-refractivity contribution in [1.82, 2.24) is 4.90 Å². The number of aliphatic hydroxyl groups is 3. The van der Waals surface area contributed by atoms with Crippen LogP contribution in [0, 0.1) is 28.6 Å². The Morgan fingerprint density at radius 3 is 2.36 bits per heavy atom. The molecule has 0 radical (unpaired) electrons. The van der Waals surface area contributed by atoms with Gasteiger partial charge < -0.3 is 25.0 Å². The van der Waals surface area contributed by atoms with Crippen molar-refractivity contribution >= 4 is 11.7 Å². The van der Waals surface area contributed by atoms with Crippen LogP contribution >= 0.6 is 0 Å². The number of allylic oxidation sites excluding steroid dienone is 1. The van der Waals surface area contributed by atoms with Gasteiger partial charge in [0.1, 0.15) is 5.75 Å². The molecule has 5 aliphatic carbocycles. The molecule has 39 heavy (non-hydrogen) atoms. The molecule has 1 aromatic carbocycles. The summed E-state index contributed by atoms with van der Waals surface area (Å²) in [5, 5.41) is 33.4. The number of fused-ring (bicyclic) bond motifs is 5. The van der Waals surface area contributed by atoms with Crippen molar-refractivity contribution in [2.75, 3.05) is 7.11 Å². The molecule has 0 aromatic heterocycles. The first kappa shape index (κ1) is 27.0. The molecule has 0 heterocycles. The number of ketones is 1. The van der Waals surface area contributed by atoms with Crippen LogP contribution in [0.25, 0.3) is 0 Å². The molecule has 4 fully saturated rings. The molecular formula is C32H43NO6. The second kappa shape index (κ2) is 9.15. The quantitative estimate of drug-likeness (QED) is 0.526. The summed E-state index contributed by atoms with van der Waals surface area (Å²) in [5.74, 6) is 0.465. The highest BCUT2D eigenvalue weighted by atomic mass is 16.5. The summed E-state index contributed by atoms with van der Waals surface area (Å²) in [6.07, 6.45) is 5.57. The number of aliphatic hydroxyl groups excluding tert-OH is 2. The molecule has 212 valence electrons. The van der Waals surface area contributed by atoms with Crippen LogP contribution in [-0.4, -0.2) is 68.9 Å². The fourth-order valence-corrected chi connectivity index (χ4v) is 9.30. The maximum absolute atomic E-state index is 13.8. The molecule has 0 bridgehead atoms. The average molecular weight is 538 g/mol. The number of carbonyl (C=O) groups is 2. The summed E-state index contributed by atoms with van der Waals surface area (Å²) in [7, 11) is 1.61. The highest BCUT2D eigenvalue weighted by Gasteiger charge is 2.67. The van der Waals surface area contributed by atoms with E-state index in [1.807, 2.05) is 24.3 Å². The minimum atomic E-state index is -1.13. The minimum absolute atomic E-state index is 0.00468. The zero-order valence-corrected chi connectivity index (χ0v) is 23.6. The number of nitrogens with zero attached hydrogens (tertiary/aromatic N) is 1. The van der Waals surface area contributed by atoms with Crippen molar-refractivity contribution < 1.29 is 29.6 Å². The summed E-state index contributed by atoms with van der Waals surface area (Å²) in [5.41, 5.74) is -0.603. The Morgan fingerprint density at radius 2 is 1.72 bits per heavy atom. The Hall–Kier alpha value is -2.22. The van der Waals surface area contributed by atoms with Crippen LogP contribution in [-0.2, 0) is 4.79 Å². The molecule has 3 N–H and O–H groups in total. The van der Waals surface area contributed by atoms with Crippen LogP contribution in [0.2, 0.25) is 0 Å². The Balaban J connectivity index is 1.31. The van der Waals surface area contributed by atoms with Crippen LogP contribution in [0.15, 0.2) is 35.9 Å². The topological polar surface area (TPSA) is 107 Å². The summed E-state index contributed by atoms with van der Waals surface area (Å²) in [4.78, 5) is 29.3. The van der Waals surface area contributed by atoms with Crippen LogP contribution in [0.4, 0.5) is 0 Å². The molecule has 7 nitrogen and oxygen atoms in total. The summed E-state index contributed by atoms with van der Waals surface area (Å²) in [6, 6.07) is 7.45. The highest BCUT2D eigenvalue weighted by molar-refractivity contribution is 5.95. The molecule has 0 spiro atoms. The molecular weight excluding hydrogens is 494 g/mol. The van der Waals surface area contributed by atoms with Crippen LogP contribution in [0.5, 0.6) is 5.75 Å². The Bertz CT molecular complexity index is 1190. The minimum Gasteiger partial charge on any atom is -0.497 e. The van der Waals surface area contributed by atoms with E-state index >= 15 is 0 Å². The number of ether oxygens (including phenoxy) is 1. The van der Waals surface area contributed by atoms with Gasteiger partial charge in [-0.2, -0.15) is 0 Å². The lowest BCUT2D eigenvalue weighted by Gasteiger charge is -2.60. The first-order valence-electron chi connectivity index (χ1n) is 14.8. The molecule has 1 aromatic rings. The van der Waals surface area contributed by atoms with E-state index in [0.717, 1.165) is 37.7 Å². The molecule has 5 aliphatic rings. The van der Waals surface area contributed by atoms with E-state index in [9.17, 15) is 24.9 Å². The molecule has 0 saturated heterocycles. The van der Waals surface area contributed by atoms with Gasteiger partial charge in [0, 0.05) is 29.0 Å². The second-order valence-corrected chi connectivity index (χ2v) is 13.6. The van der Waals surface area contributed by atoms with Crippen molar-refractivity contribution in [2.24, 2.45) is 28.6 Å². The van der Waals surface area contributed by atoms with E-state index in [1.54, 1.807) is 13.2 Å². The highest BCUT2D eigenvalue weighted by Crippen LogP contribution is 2.68. The number of benzene rings is 1. The van der Waals surface area contributed by atoms with E-state index in [-0.39, 0.29) is 47.9 Å². The van der Waals surface area contributed by atoms with Gasteiger partial charge in [-0.3, -0.25) is 9.59 Å². The molecule has 4 saturated carbocycles. The molecule has 7 heteroatoms. The molecule has 0 aliphatic heterocycles. The fourth-order valence-electron chi connectivity index (χ4n) is 9.30. The van der Waals surface area contributed by atoms with E-state index in [2.05, 4.69) is 25.7 Å². The Kier molecular flexibility index (Phi) is 6.33. The van der Waals surface area contributed by atoms with Crippen molar-refractivity contribution in [3.63, 3.8) is 0 Å².